The van der Waals surface area contributed by atoms with E-state index in [2.05, 4.69) is 15.4 Å². The maximum absolute atomic E-state index is 12.6. The minimum atomic E-state index is -0.274. The van der Waals surface area contributed by atoms with Crippen molar-refractivity contribution in [2.45, 2.75) is 39.3 Å². The van der Waals surface area contributed by atoms with E-state index in [1.165, 1.54) is 17.1 Å². The van der Waals surface area contributed by atoms with Crippen molar-refractivity contribution >= 4 is 34.2 Å². The van der Waals surface area contributed by atoms with Crippen molar-refractivity contribution in [1.29, 1.82) is 0 Å². The van der Waals surface area contributed by atoms with Crippen molar-refractivity contribution in [3.05, 3.63) is 52.2 Å². The maximum Gasteiger partial charge on any atom is 0.264 e. The minimum Gasteiger partial charge on any atom is -0.326 e. The van der Waals surface area contributed by atoms with Crippen LogP contribution in [-0.2, 0) is 16.9 Å². The Morgan fingerprint density at radius 1 is 1.31 bits per heavy atom. The lowest BCUT2D eigenvalue weighted by molar-refractivity contribution is -0.116. The van der Waals surface area contributed by atoms with Gasteiger partial charge in [-0.3, -0.25) is 14.2 Å². The molecule has 0 atom stereocenters. The average Bonchev–Trinajstić information content (AvgIpc) is 2.99. The molecule has 0 bridgehead atoms. The van der Waals surface area contributed by atoms with Crippen molar-refractivity contribution < 1.29 is 4.79 Å². The van der Waals surface area contributed by atoms with E-state index in [9.17, 15) is 9.59 Å². The summed E-state index contributed by atoms with van der Waals surface area (Å²) in [5.74, 6) is -0.204. The smallest absolute Gasteiger partial charge is 0.264 e. The van der Waals surface area contributed by atoms with Gasteiger partial charge in [0.25, 0.3) is 5.56 Å². The van der Waals surface area contributed by atoms with Gasteiger partial charge in [-0.25, -0.2) is 9.67 Å². The van der Waals surface area contributed by atoms with Crippen LogP contribution in [0.3, 0.4) is 0 Å². The van der Waals surface area contributed by atoms with Gasteiger partial charge in [0.2, 0.25) is 5.91 Å². The highest BCUT2D eigenvalue weighted by Gasteiger charge is 2.19. The molecule has 136 valence electrons. The van der Waals surface area contributed by atoms with E-state index < -0.39 is 0 Å². The number of rotatable bonds is 4. The van der Waals surface area contributed by atoms with Gasteiger partial charge >= 0.3 is 0 Å². The van der Waals surface area contributed by atoms with Gasteiger partial charge in [-0.05, 0) is 39.0 Å². The Morgan fingerprint density at radius 2 is 2.08 bits per heavy atom. The standard InChI is InChI=1S/C18H20ClN5O2/c1-18(2,3)24-16-14(10-21-24)17(26)23(11-20-16)8-7-15(25)22-13-6-4-5-12(19)9-13/h4-6,9-11H,7-8H2,1-3H3,(H,22,25). The van der Waals surface area contributed by atoms with E-state index in [0.717, 1.165) is 0 Å². The van der Waals surface area contributed by atoms with E-state index in [0.29, 0.717) is 21.7 Å². The molecule has 1 amide bonds. The molecule has 0 unspecified atom stereocenters. The molecule has 2 aromatic heterocycles. The highest BCUT2D eigenvalue weighted by atomic mass is 35.5. The fourth-order valence-electron chi connectivity index (χ4n) is 2.61. The van der Waals surface area contributed by atoms with Crippen molar-refractivity contribution in [1.82, 2.24) is 19.3 Å². The first kappa shape index (κ1) is 18.1. The van der Waals surface area contributed by atoms with Gasteiger partial charge in [-0.2, -0.15) is 5.10 Å². The van der Waals surface area contributed by atoms with E-state index in [4.69, 9.17) is 11.6 Å². The molecule has 0 radical (unpaired) electrons. The van der Waals surface area contributed by atoms with E-state index in [-0.39, 0.29) is 30.0 Å². The van der Waals surface area contributed by atoms with Crippen LogP contribution >= 0.6 is 11.6 Å². The molecule has 1 aromatic carbocycles. The zero-order valence-corrected chi connectivity index (χ0v) is 15.6. The van der Waals surface area contributed by atoms with Gasteiger partial charge < -0.3 is 5.32 Å². The van der Waals surface area contributed by atoms with E-state index >= 15 is 0 Å². The molecule has 2 heterocycles. The lowest BCUT2D eigenvalue weighted by Crippen LogP contribution is -2.26. The molecule has 0 aliphatic rings. The number of hydrogen-bond acceptors (Lipinski definition) is 4. The van der Waals surface area contributed by atoms with Gasteiger partial charge in [-0.1, -0.05) is 17.7 Å². The number of hydrogen-bond donors (Lipinski definition) is 1. The number of amides is 1. The minimum absolute atomic E-state index is 0.146. The molecule has 0 spiro atoms. The van der Waals surface area contributed by atoms with Crippen molar-refractivity contribution in [2.75, 3.05) is 5.32 Å². The van der Waals surface area contributed by atoms with Crippen LogP contribution in [-0.4, -0.2) is 25.2 Å². The molecule has 0 fully saturated rings. The number of carbonyl (C=O) groups is 1. The summed E-state index contributed by atoms with van der Waals surface area (Å²) >= 11 is 5.90. The molecule has 3 rings (SSSR count). The number of benzene rings is 1. The Labute approximate surface area is 155 Å². The first-order valence-corrected chi connectivity index (χ1v) is 8.62. The Kier molecular flexibility index (Phi) is 4.82. The average molecular weight is 374 g/mol. The Balaban J connectivity index is 1.74. The summed E-state index contributed by atoms with van der Waals surface area (Å²) in [5, 5.41) is 8.02. The SMILES string of the molecule is CC(C)(C)n1ncc2c(=O)n(CCC(=O)Nc3cccc(Cl)c3)cnc21. The quantitative estimate of drug-likeness (QED) is 0.762. The third-order valence-electron chi connectivity index (χ3n) is 3.88. The number of fused-ring (bicyclic) bond motifs is 1. The summed E-state index contributed by atoms with van der Waals surface area (Å²) in [7, 11) is 0. The highest BCUT2D eigenvalue weighted by molar-refractivity contribution is 6.30. The van der Waals surface area contributed by atoms with Crippen molar-refractivity contribution in [3.63, 3.8) is 0 Å². The summed E-state index contributed by atoms with van der Waals surface area (Å²) in [4.78, 5) is 29.1. The monoisotopic (exact) mass is 373 g/mol. The fourth-order valence-corrected chi connectivity index (χ4v) is 2.80. The van der Waals surface area contributed by atoms with Crippen LogP contribution in [0.25, 0.3) is 11.0 Å². The Bertz CT molecular complexity index is 1020. The normalized spacial score (nSPS) is 11.7. The molecule has 0 saturated carbocycles. The number of nitrogens with one attached hydrogen (secondary N) is 1. The zero-order valence-electron chi connectivity index (χ0n) is 14.9. The Morgan fingerprint density at radius 3 is 2.77 bits per heavy atom. The molecule has 8 heteroatoms. The van der Waals surface area contributed by atoms with Crippen LogP contribution in [0, 0.1) is 0 Å². The van der Waals surface area contributed by atoms with Crippen LogP contribution in [0.4, 0.5) is 5.69 Å². The third-order valence-corrected chi connectivity index (χ3v) is 4.11. The molecular formula is C18H20ClN5O2. The lowest BCUT2D eigenvalue weighted by atomic mass is 10.1. The van der Waals surface area contributed by atoms with E-state index in [1.807, 2.05) is 20.8 Å². The zero-order chi connectivity index (χ0) is 18.9. The second-order valence-electron chi connectivity index (χ2n) is 7.02. The van der Waals surface area contributed by atoms with Crippen LogP contribution < -0.4 is 10.9 Å². The lowest BCUT2D eigenvalue weighted by Gasteiger charge is -2.19. The topological polar surface area (TPSA) is 81.8 Å². The third kappa shape index (κ3) is 3.77. The first-order valence-electron chi connectivity index (χ1n) is 8.25. The van der Waals surface area contributed by atoms with Crippen LogP contribution in [0.5, 0.6) is 0 Å². The predicted octanol–water partition coefficient (Wildman–Crippen LogP) is 3.03. The molecular weight excluding hydrogens is 354 g/mol. The maximum atomic E-state index is 12.6. The van der Waals surface area contributed by atoms with Gasteiger partial charge in [0.1, 0.15) is 5.39 Å². The number of anilines is 1. The second-order valence-corrected chi connectivity index (χ2v) is 7.45. The first-order chi connectivity index (χ1) is 12.3. The molecule has 1 N–H and O–H groups in total. The number of aryl methyl sites for hydroxylation is 1. The molecule has 0 saturated heterocycles. The van der Waals surface area contributed by atoms with Gasteiger partial charge in [0, 0.05) is 23.7 Å². The van der Waals surface area contributed by atoms with Gasteiger partial charge in [0.15, 0.2) is 5.65 Å². The molecule has 0 aliphatic carbocycles. The molecule has 26 heavy (non-hydrogen) atoms. The second kappa shape index (κ2) is 6.92. The number of carbonyl (C=O) groups excluding carboxylic acids is 1. The van der Waals surface area contributed by atoms with Crippen LogP contribution in [0.1, 0.15) is 27.2 Å². The van der Waals surface area contributed by atoms with Crippen LogP contribution in [0.15, 0.2) is 41.6 Å². The largest absolute Gasteiger partial charge is 0.326 e. The van der Waals surface area contributed by atoms with Gasteiger partial charge in [-0.15, -0.1) is 0 Å². The molecule has 3 aromatic rings. The van der Waals surface area contributed by atoms with Crippen molar-refractivity contribution in [3.8, 4) is 0 Å². The number of aromatic nitrogens is 4. The Hall–Kier alpha value is -2.67. The fraction of sp³-hybridized carbons (Fsp3) is 0.333. The summed E-state index contributed by atoms with van der Waals surface area (Å²) in [6.07, 6.45) is 3.13. The molecule has 0 aliphatic heterocycles. The summed E-state index contributed by atoms with van der Waals surface area (Å²) in [6.45, 7) is 6.21. The highest BCUT2D eigenvalue weighted by Crippen LogP contribution is 2.18. The van der Waals surface area contributed by atoms with Gasteiger partial charge in [0.05, 0.1) is 18.1 Å². The molecule has 7 nitrogen and oxygen atoms in total. The summed E-state index contributed by atoms with van der Waals surface area (Å²) < 4.78 is 3.15. The summed E-state index contributed by atoms with van der Waals surface area (Å²) in [6, 6.07) is 6.91. The summed E-state index contributed by atoms with van der Waals surface area (Å²) in [5.41, 5.74) is 0.683. The number of halogens is 1. The van der Waals surface area contributed by atoms with Crippen molar-refractivity contribution in [2.24, 2.45) is 0 Å². The predicted molar refractivity (Wildman–Crippen MR) is 101 cm³/mol. The van der Waals surface area contributed by atoms with E-state index in [1.54, 1.807) is 28.9 Å². The van der Waals surface area contributed by atoms with Crippen LogP contribution in [0.2, 0.25) is 5.02 Å². The number of nitrogens with zero attached hydrogens (tertiary/aromatic N) is 4.